The Hall–Kier alpha value is -0.340. The SMILES string of the molecule is CCCOC(=O)CP(=O)(CC)OCCC. The minimum absolute atomic E-state index is 0.0938. The number of rotatable bonds is 8. The van der Waals surface area contributed by atoms with E-state index in [2.05, 4.69) is 0 Å². The van der Waals surface area contributed by atoms with Crippen LogP contribution in [0.15, 0.2) is 0 Å². The van der Waals surface area contributed by atoms with Crippen LogP contribution in [-0.2, 0) is 18.6 Å². The Bertz CT molecular complexity index is 227. The lowest BCUT2D eigenvalue weighted by atomic mass is 10.5. The maximum Gasteiger partial charge on any atom is 0.315 e. The Balaban J connectivity index is 4.06. The van der Waals surface area contributed by atoms with Crippen LogP contribution < -0.4 is 0 Å². The second-order valence-corrected chi connectivity index (χ2v) is 6.18. The maximum atomic E-state index is 12.0. The van der Waals surface area contributed by atoms with Crippen LogP contribution in [-0.4, -0.2) is 31.5 Å². The first kappa shape index (κ1) is 14.7. The Morgan fingerprint density at radius 1 is 1.13 bits per heavy atom. The molecular formula is C10H21O4P. The molecule has 4 nitrogen and oxygen atoms in total. The van der Waals surface area contributed by atoms with Gasteiger partial charge < -0.3 is 9.26 Å². The number of ether oxygens (including phenoxy) is 1. The summed E-state index contributed by atoms with van der Waals surface area (Å²) >= 11 is 0. The van der Waals surface area contributed by atoms with Crippen LogP contribution in [0.3, 0.4) is 0 Å². The number of carbonyl (C=O) groups is 1. The highest BCUT2D eigenvalue weighted by molar-refractivity contribution is 7.59. The van der Waals surface area contributed by atoms with Gasteiger partial charge in [-0.15, -0.1) is 0 Å². The van der Waals surface area contributed by atoms with E-state index in [4.69, 9.17) is 9.26 Å². The van der Waals surface area contributed by atoms with Crippen molar-refractivity contribution in [3.05, 3.63) is 0 Å². The van der Waals surface area contributed by atoms with Crippen molar-refractivity contribution < 1.29 is 18.6 Å². The van der Waals surface area contributed by atoms with Gasteiger partial charge in [0, 0.05) is 6.16 Å². The van der Waals surface area contributed by atoms with Crippen molar-refractivity contribution in [2.45, 2.75) is 33.6 Å². The van der Waals surface area contributed by atoms with E-state index in [-0.39, 0.29) is 6.16 Å². The summed E-state index contributed by atoms with van der Waals surface area (Å²) in [5.74, 6) is -0.418. The van der Waals surface area contributed by atoms with E-state index in [1.165, 1.54) is 0 Å². The van der Waals surface area contributed by atoms with Gasteiger partial charge in [0.25, 0.3) is 0 Å². The fourth-order valence-electron chi connectivity index (χ4n) is 0.965. The molecule has 0 rings (SSSR count). The molecule has 0 aromatic rings. The van der Waals surface area contributed by atoms with E-state index in [1.54, 1.807) is 6.92 Å². The monoisotopic (exact) mass is 236 g/mol. The lowest BCUT2D eigenvalue weighted by molar-refractivity contribution is -0.140. The number of carbonyl (C=O) groups excluding carboxylic acids is 1. The summed E-state index contributed by atoms with van der Waals surface area (Å²) in [6.07, 6.45) is 1.86. The molecule has 0 N–H and O–H groups in total. The third-order valence-electron chi connectivity index (χ3n) is 1.85. The first-order valence-corrected chi connectivity index (χ1v) is 7.45. The zero-order chi connectivity index (χ0) is 11.7. The zero-order valence-electron chi connectivity index (χ0n) is 9.82. The molecule has 0 spiro atoms. The van der Waals surface area contributed by atoms with Crippen LogP contribution in [0.4, 0.5) is 0 Å². The first-order valence-electron chi connectivity index (χ1n) is 5.46. The molecule has 1 unspecified atom stereocenters. The second-order valence-electron chi connectivity index (χ2n) is 3.34. The standard InChI is InChI=1S/C10H21O4P/c1-4-7-13-10(11)9-15(12,6-3)14-8-5-2/h4-9H2,1-3H3. The molecule has 0 saturated heterocycles. The molecule has 0 aliphatic rings. The molecule has 0 bridgehead atoms. The summed E-state index contributed by atoms with van der Waals surface area (Å²) in [5, 5.41) is 0. The van der Waals surface area contributed by atoms with Gasteiger partial charge in [-0.3, -0.25) is 9.36 Å². The summed E-state index contributed by atoms with van der Waals surface area (Å²) in [6.45, 7) is 6.45. The van der Waals surface area contributed by atoms with Gasteiger partial charge in [0.05, 0.1) is 13.2 Å². The van der Waals surface area contributed by atoms with Crippen LogP contribution in [0, 0.1) is 0 Å². The highest BCUT2D eigenvalue weighted by Gasteiger charge is 2.25. The number of esters is 1. The molecule has 0 aromatic carbocycles. The molecule has 5 heteroatoms. The van der Waals surface area contributed by atoms with Gasteiger partial charge in [0.15, 0.2) is 0 Å². The molecule has 0 saturated carbocycles. The van der Waals surface area contributed by atoms with Crippen molar-refractivity contribution >= 4 is 13.3 Å². The van der Waals surface area contributed by atoms with Crippen molar-refractivity contribution in [1.29, 1.82) is 0 Å². The van der Waals surface area contributed by atoms with Crippen LogP contribution in [0.25, 0.3) is 0 Å². The predicted octanol–water partition coefficient (Wildman–Crippen LogP) is 2.66. The smallest absolute Gasteiger partial charge is 0.315 e. The van der Waals surface area contributed by atoms with Gasteiger partial charge in [0.1, 0.15) is 6.16 Å². The highest BCUT2D eigenvalue weighted by Crippen LogP contribution is 2.46. The lowest BCUT2D eigenvalue weighted by Crippen LogP contribution is -2.13. The molecule has 1 atom stereocenters. The highest BCUT2D eigenvalue weighted by atomic mass is 31.2. The second kappa shape index (κ2) is 7.89. The van der Waals surface area contributed by atoms with Crippen molar-refractivity contribution in [3.63, 3.8) is 0 Å². The average Bonchev–Trinajstić information content (AvgIpc) is 2.23. The van der Waals surface area contributed by atoms with Crippen LogP contribution in [0.1, 0.15) is 33.6 Å². The van der Waals surface area contributed by atoms with E-state index < -0.39 is 13.3 Å². The minimum Gasteiger partial charge on any atom is -0.465 e. The Kier molecular flexibility index (Phi) is 7.71. The molecule has 0 fully saturated rings. The van der Waals surface area contributed by atoms with Crippen molar-refractivity contribution in [1.82, 2.24) is 0 Å². The summed E-state index contributed by atoms with van der Waals surface area (Å²) in [6, 6.07) is 0. The molecule has 0 amide bonds. The predicted molar refractivity (Wildman–Crippen MR) is 60.5 cm³/mol. The fourth-order valence-corrected chi connectivity index (χ4v) is 2.46. The molecule has 0 radical (unpaired) electrons. The first-order chi connectivity index (χ1) is 7.08. The quantitative estimate of drug-likeness (QED) is 0.480. The summed E-state index contributed by atoms with van der Waals surface area (Å²) in [5.41, 5.74) is 0. The Labute approximate surface area is 91.8 Å². The van der Waals surface area contributed by atoms with Crippen molar-refractivity contribution in [2.75, 3.05) is 25.5 Å². The largest absolute Gasteiger partial charge is 0.465 e. The zero-order valence-corrected chi connectivity index (χ0v) is 10.7. The maximum absolute atomic E-state index is 12.0. The fraction of sp³-hybridized carbons (Fsp3) is 0.900. The topological polar surface area (TPSA) is 52.6 Å². The summed E-state index contributed by atoms with van der Waals surface area (Å²) in [4.78, 5) is 11.3. The van der Waals surface area contributed by atoms with Gasteiger partial charge in [-0.1, -0.05) is 20.8 Å². The molecule has 0 heterocycles. The van der Waals surface area contributed by atoms with E-state index in [0.29, 0.717) is 19.4 Å². The van der Waals surface area contributed by atoms with E-state index >= 15 is 0 Å². The summed E-state index contributed by atoms with van der Waals surface area (Å²) in [7, 11) is -2.79. The minimum atomic E-state index is -2.79. The molecule has 0 aromatic heterocycles. The van der Waals surface area contributed by atoms with Gasteiger partial charge in [-0.2, -0.15) is 0 Å². The van der Waals surface area contributed by atoms with Crippen LogP contribution in [0.5, 0.6) is 0 Å². The van der Waals surface area contributed by atoms with Crippen LogP contribution in [0.2, 0.25) is 0 Å². The van der Waals surface area contributed by atoms with Crippen LogP contribution >= 0.6 is 7.37 Å². The third kappa shape index (κ3) is 6.69. The Morgan fingerprint density at radius 3 is 2.20 bits per heavy atom. The molecule has 90 valence electrons. The normalized spacial score (nSPS) is 14.6. The van der Waals surface area contributed by atoms with E-state index in [1.807, 2.05) is 13.8 Å². The number of hydrogen-bond acceptors (Lipinski definition) is 4. The average molecular weight is 236 g/mol. The van der Waals surface area contributed by atoms with Gasteiger partial charge >= 0.3 is 5.97 Å². The number of hydrogen-bond donors (Lipinski definition) is 0. The van der Waals surface area contributed by atoms with Gasteiger partial charge in [-0.05, 0) is 12.8 Å². The Morgan fingerprint density at radius 2 is 1.73 bits per heavy atom. The van der Waals surface area contributed by atoms with Gasteiger partial charge in [-0.25, -0.2) is 0 Å². The third-order valence-corrected chi connectivity index (χ3v) is 4.21. The molecule has 0 aliphatic carbocycles. The molecule has 0 aliphatic heterocycles. The van der Waals surface area contributed by atoms with Crippen molar-refractivity contribution in [3.8, 4) is 0 Å². The molecule has 15 heavy (non-hydrogen) atoms. The summed E-state index contributed by atoms with van der Waals surface area (Å²) < 4.78 is 22.1. The van der Waals surface area contributed by atoms with Crippen molar-refractivity contribution in [2.24, 2.45) is 0 Å². The van der Waals surface area contributed by atoms with Gasteiger partial charge in [0.2, 0.25) is 7.37 Å². The molecular weight excluding hydrogens is 215 g/mol. The lowest BCUT2D eigenvalue weighted by Gasteiger charge is -2.15. The van der Waals surface area contributed by atoms with E-state index in [9.17, 15) is 9.36 Å². The van der Waals surface area contributed by atoms with E-state index in [0.717, 1.165) is 12.8 Å².